The summed E-state index contributed by atoms with van der Waals surface area (Å²) < 4.78 is 33.8. The van der Waals surface area contributed by atoms with Crippen molar-refractivity contribution in [3.63, 3.8) is 0 Å². The van der Waals surface area contributed by atoms with E-state index in [0.717, 1.165) is 51.4 Å². The second kappa shape index (κ2) is 33.6. The number of hydrogen-bond donors (Lipinski definition) is 0. The van der Waals surface area contributed by atoms with Gasteiger partial charge >= 0.3 is 11.9 Å². The fourth-order valence-corrected chi connectivity index (χ4v) is 6.26. The summed E-state index contributed by atoms with van der Waals surface area (Å²) in [6.45, 7) is 4.20. The maximum Gasteiger partial charge on any atom is 0.306 e. The van der Waals surface area contributed by atoms with E-state index in [9.17, 15) is 19.0 Å². The van der Waals surface area contributed by atoms with Gasteiger partial charge in [0.05, 0.1) is 27.7 Å². The zero-order valence-corrected chi connectivity index (χ0v) is 34.0. The highest BCUT2D eigenvalue weighted by molar-refractivity contribution is 7.45. The summed E-state index contributed by atoms with van der Waals surface area (Å²) in [5.74, 6) is -0.841. The van der Waals surface area contributed by atoms with Crippen molar-refractivity contribution in [2.45, 2.75) is 187 Å². The van der Waals surface area contributed by atoms with Crippen molar-refractivity contribution in [1.82, 2.24) is 0 Å². The highest BCUT2D eigenvalue weighted by Crippen LogP contribution is 2.38. The lowest BCUT2D eigenvalue weighted by atomic mass is 10.1. The van der Waals surface area contributed by atoms with Gasteiger partial charge in [-0.05, 0) is 38.5 Å². The molecule has 0 aromatic heterocycles. The van der Waals surface area contributed by atoms with E-state index in [4.69, 9.17) is 18.5 Å². The van der Waals surface area contributed by atoms with Crippen molar-refractivity contribution in [3.05, 3.63) is 12.2 Å². The van der Waals surface area contributed by atoms with Crippen LogP contribution in [0.15, 0.2) is 12.2 Å². The lowest BCUT2D eigenvalue weighted by molar-refractivity contribution is -0.870. The van der Waals surface area contributed by atoms with Crippen molar-refractivity contribution < 1.29 is 42.1 Å². The minimum absolute atomic E-state index is 0.0296. The number of phosphoric ester groups is 1. The molecule has 0 aromatic carbocycles. The highest BCUT2D eigenvalue weighted by Gasteiger charge is 2.21. The van der Waals surface area contributed by atoms with Gasteiger partial charge in [0.25, 0.3) is 7.82 Å². The molecule has 0 saturated carbocycles. The summed E-state index contributed by atoms with van der Waals surface area (Å²) in [5.41, 5.74) is 0. The molecule has 0 radical (unpaired) electrons. The van der Waals surface area contributed by atoms with Gasteiger partial charge in [-0.3, -0.25) is 14.2 Å². The van der Waals surface area contributed by atoms with Gasteiger partial charge in [-0.2, -0.15) is 0 Å². The molecule has 0 spiro atoms. The van der Waals surface area contributed by atoms with Crippen LogP contribution < -0.4 is 4.89 Å². The monoisotopic (exact) mass is 732 g/mol. The molecule has 0 bridgehead atoms. The van der Waals surface area contributed by atoms with Crippen molar-refractivity contribution in [3.8, 4) is 0 Å². The van der Waals surface area contributed by atoms with E-state index in [1.165, 1.54) is 96.3 Å². The van der Waals surface area contributed by atoms with E-state index in [1.807, 2.05) is 21.1 Å². The Morgan fingerprint density at radius 2 is 1.02 bits per heavy atom. The minimum Gasteiger partial charge on any atom is -0.756 e. The third-order valence-corrected chi connectivity index (χ3v) is 9.75. The predicted octanol–water partition coefficient (Wildman–Crippen LogP) is 10.4. The summed E-state index contributed by atoms with van der Waals surface area (Å²) in [5, 5.41) is 0. The van der Waals surface area contributed by atoms with Gasteiger partial charge in [-0.15, -0.1) is 0 Å². The summed E-state index contributed by atoms with van der Waals surface area (Å²) in [6, 6.07) is 0. The third kappa shape index (κ3) is 36.5. The van der Waals surface area contributed by atoms with Crippen LogP contribution in [0.25, 0.3) is 0 Å². The highest BCUT2D eigenvalue weighted by atomic mass is 31.2. The van der Waals surface area contributed by atoms with Crippen LogP contribution in [0.5, 0.6) is 0 Å². The number of nitrogens with zero attached hydrogens (tertiary/aromatic N) is 1. The second-order valence-corrected chi connectivity index (χ2v) is 16.4. The predicted molar refractivity (Wildman–Crippen MR) is 204 cm³/mol. The number of phosphoric acid groups is 1. The van der Waals surface area contributed by atoms with E-state index in [2.05, 4.69) is 26.0 Å². The summed E-state index contributed by atoms with van der Waals surface area (Å²) >= 11 is 0. The van der Waals surface area contributed by atoms with Crippen molar-refractivity contribution in [2.24, 2.45) is 0 Å². The molecular formula is C40H78NO8P. The SMILES string of the molecule is CCCCCCCCC/C=C\CCCCCCCC(=O)OC(COC(=O)CCCCCCCCCCCC)COP(=O)([O-])OCC[N+](C)(C)C. The molecule has 10 heteroatoms. The van der Waals surface area contributed by atoms with Gasteiger partial charge in [0.1, 0.15) is 19.8 Å². The van der Waals surface area contributed by atoms with Gasteiger partial charge in [-0.1, -0.05) is 142 Å². The number of carbonyl (C=O) groups is 2. The number of likely N-dealkylation sites (N-methyl/N-ethyl adjacent to an activating group) is 1. The van der Waals surface area contributed by atoms with Crippen LogP contribution in [-0.2, 0) is 32.7 Å². The Labute approximate surface area is 307 Å². The normalized spacial score (nSPS) is 13.8. The quantitative estimate of drug-likeness (QED) is 0.0204. The number of allylic oxidation sites excluding steroid dienone is 2. The van der Waals surface area contributed by atoms with Gasteiger partial charge < -0.3 is 27.9 Å². The molecule has 0 aliphatic heterocycles. The molecule has 0 aliphatic rings. The maximum atomic E-state index is 12.6. The fourth-order valence-electron chi connectivity index (χ4n) is 5.53. The van der Waals surface area contributed by atoms with E-state index in [0.29, 0.717) is 17.4 Å². The Morgan fingerprint density at radius 3 is 1.48 bits per heavy atom. The first-order valence-corrected chi connectivity index (χ1v) is 21.9. The number of carbonyl (C=O) groups excluding carboxylic acids is 2. The van der Waals surface area contributed by atoms with Crippen LogP contribution in [0, 0.1) is 0 Å². The smallest absolute Gasteiger partial charge is 0.306 e. The van der Waals surface area contributed by atoms with E-state index < -0.39 is 26.5 Å². The van der Waals surface area contributed by atoms with Crippen LogP contribution in [0.2, 0.25) is 0 Å². The third-order valence-electron chi connectivity index (χ3n) is 8.79. The first kappa shape index (κ1) is 48.8. The standard InChI is InChI=1S/C40H78NO8P/c1-6-8-10-12-14-16-18-19-20-21-22-23-25-27-29-31-33-40(43)49-38(37-48-50(44,45)47-35-34-41(3,4)5)36-46-39(42)32-30-28-26-24-17-15-13-11-9-7-2/h20-21,38H,6-19,22-37H2,1-5H3/b21-20-. The number of ether oxygens (including phenoxy) is 2. The van der Waals surface area contributed by atoms with Crippen LogP contribution >= 0.6 is 7.82 Å². The lowest BCUT2D eigenvalue weighted by Crippen LogP contribution is -2.37. The Morgan fingerprint density at radius 1 is 0.600 bits per heavy atom. The molecule has 0 N–H and O–H groups in total. The van der Waals surface area contributed by atoms with Gasteiger partial charge in [0.2, 0.25) is 0 Å². The van der Waals surface area contributed by atoms with Gasteiger partial charge in [-0.25, -0.2) is 0 Å². The van der Waals surface area contributed by atoms with Gasteiger partial charge in [0.15, 0.2) is 6.10 Å². The van der Waals surface area contributed by atoms with Crippen molar-refractivity contribution in [2.75, 3.05) is 47.5 Å². The fraction of sp³-hybridized carbons (Fsp3) is 0.900. The van der Waals surface area contributed by atoms with Crippen LogP contribution in [-0.4, -0.2) is 70.0 Å². The zero-order valence-electron chi connectivity index (χ0n) is 33.1. The number of rotatable bonds is 37. The largest absolute Gasteiger partial charge is 0.756 e. The van der Waals surface area contributed by atoms with Crippen LogP contribution in [0.3, 0.4) is 0 Å². The lowest BCUT2D eigenvalue weighted by Gasteiger charge is -2.28. The molecule has 2 unspecified atom stereocenters. The summed E-state index contributed by atoms with van der Waals surface area (Å²) in [6.07, 6.45) is 32.4. The Bertz CT molecular complexity index is 876. The second-order valence-electron chi connectivity index (χ2n) is 15.0. The van der Waals surface area contributed by atoms with Crippen LogP contribution in [0.1, 0.15) is 181 Å². The maximum absolute atomic E-state index is 12.6. The average molecular weight is 732 g/mol. The average Bonchev–Trinajstić information content (AvgIpc) is 3.06. The molecule has 0 rings (SSSR count). The molecule has 0 fully saturated rings. The van der Waals surface area contributed by atoms with Crippen LogP contribution in [0.4, 0.5) is 0 Å². The molecule has 9 nitrogen and oxygen atoms in total. The van der Waals surface area contributed by atoms with E-state index in [-0.39, 0.29) is 32.0 Å². The van der Waals surface area contributed by atoms with E-state index in [1.54, 1.807) is 0 Å². The van der Waals surface area contributed by atoms with Crippen molar-refractivity contribution in [1.29, 1.82) is 0 Å². The first-order valence-electron chi connectivity index (χ1n) is 20.4. The molecule has 0 heterocycles. The Hall–Kier alpha value is -1.25. The molecular weight excluding hydrogens is 653 g/mol. The molecule has 296 valence electrons. The molecule has 0 saturated heterocycles. The number of quaternary nitrogens is 1. The van der Waals surface area contributed by atoms with E-state index >= 15 is 0 Å². The first-order chi connectivity index (χ1) is 24.0. The molecule has 0 amide bonds. The number of esters is 2. The molecule has 2 atom stereocenters. The number of hydrogen-bond acceptors (Lipinski definition) is 8. The Kier molecular flexibility index (Phi) is 32.7. The number of unbranched alkanes of at least 4 members (excludes halogenated alkanes) is 21. The minimum atomic E-state index is -4.61. The molecule has 0 aromatic rings. The summed E-state index contributed by atoms with van der Waals surface area (Å²) in [7, 11) is 1.17. The van der Waals surface area contributed by atoms with Gasteiger partial charge in [0, 0.05) is 12.8 Å². The molecule has 50 heavy (non-hydrogen) atoms. The zero-order chi connectivity index (χ0) is 37.2. The van der Waals surface area contributed by atoms with Crippen molar-refractivity contribution >= 4 is 19.8 Å². The topological polar surface area (TPSA) is 111 Å². The Balaban J connectivity index is 4.39. The molecule has 0 aliphatic carbocycles. The summed E-state index contributed by atoms with van der Waals surface area (Å²) in [4.78, 5) is 37.3.